The maximum Gasteiger partial charge on any atom is 0.491 e. The molecule has 0 atom stereocenters. The zero-order chi connectivity index (χ0) is 37.0. The zero-order valence-corrected chi connectivity index (χ0v) is 29.3. The van der Waals surface area contributed by atoms with Crippen molar-refractivity contribution in [2.24, 2.45) is 0 Å². The van der Waals surface area contributed by atoms with Crippen molar-refractivity contribution < 1.29 is 40.7 Å². The van der Waals surface area contributed by atoms with Crippen molar-refractivity contribution in [1.29, 1.82) is 0 Å². The molecular weight excluding hydrogens is 724 g/mol. The predicted molar refractivity (Wildman–Crippen MR) is 185 cm³/mol. The Hall–Kier alpha value is -5.46. The van der Waals surface area contributed by atoms with E-state index in [4.69, 9.17) is 9.47 Å². The monoisotopic (exact) mass is 753 g/mol. The summed E-state index contributed by atoms with van der Waals surface area (Å²) in [5, 5.41) is 4.53. The van der Waals surface area contributed by atoms with Crippen molar-refractivity contribution in [3.8, 4) is 28.5 Å². The SMILES string of the molecule is Cc1cccnc1-c1cc(Oc2ccc(S(C)(=O)=O)cc2)c(OC(=O)C(F)(F)F)c(C(=O)Nc2nc(CN3CCN(c4ncccn4)CC3)cs2)c1. The van der Waals surface area contributed by atoms with Gasteiger partial charge in [-0.2, -0.15) is 13.2 Å². The Bertz CT molecular complexity index is 2190. The number of amides is 1. The van der Waals surface area contributed by atoms with Gasteiger partial charge >= 0.3 is 12.1 Å². The highest BCUT2D eigenvalue weighted by Crippen LogP contribution is 2.41. The van der Waals surface area contributed by atoms with E-state index >= 15 is 0 Å². The first-order valence-corrected chi connectivity index (χ1v) is 18.4. The van der Waals surface area contributed by atoms with E-state index < -0.39 is 45.0 Å². The van der Waals surface area contributed by atoms with E-state index in [0.717, 1.165) is 17.6 Å². The van der Waals surface area contributed by atoms with Crippen LogP contribution >= 0.6 is 11.3 Å². The molecule has 2 aromatic carbocycles. The van der Waals surface area contributed by atoms with E-state index in [1.165, 1.54) is 42.6 Å². The third-order valence-electron chi connectivity index (χ3n) is 7.85. The van der Waals surface area contributed by atoms with Crippen LogP contribution in [0, 0.1) is 6.92 Å². The second kappa shape index (κ2) is 15.0. The minimum Gasteiger partial charge on any atom is -0.453 e. The number of benzene rings is 2. The third kappa shape index (κ3) is 8.70. The lowest BCUT2D eigenvalue weighted by Gasteiger charge is -2.34. The molecule has 1 N–H and O–H groups in total. The number of sulfone groups is 1. The molecule has 3 aromatic heterocycles. The summed E-state index contributed by atoms with van der Waals surface area (Å²) in [5.74, 6) is -4.13. The second-order valence-corrected chi connectivity index (χ2v) is 14.5. The lowest BCUT2D eigenvalue weighted by atomic mass is 10.0. The van der Waals surface area contributed by atoms with Gasteiger partial charge in [0.05, 0.1) is 21.8 Å². The summed E-state index contributed by atoms with van der Waals surface area (Å²) >= 11 is 1.12. The van der Waals surface area contributed by atoms with Crippen molar-refractivity contribution in [2.45, 2.75) is 24.5 Å². The summed E-state index contributed by atoms with van der Waals surface area (Å²) in [5.41, 5.74) is 1.49. The van der Waals surface area contributed by atoms with E-state index in [1.54, 1.807) is 42.9 Å². The van der Waals surface area contributed by atoms with Crippen molar-refractivity contribution >= 4 is 44.1 Å². The molecule has 0 radical (unpaired) electrons. The number of nitrogens with one attached hydrogen (secondary N) is 1. The molecule has 1 amide bonds. The number of esters is 1. The van der Waals surface area contributed by atoms with Gasteiger partial charge < -0.3 is 14.4 Å². The van der Waals surface area contributed by atoms with Gasteiger partial charge in [0.2, 0.25) is 5.95 Å². The minimum atomic E-state index is -5.41. The first kappa shape index (κ1) is 36.3. The molecule has 0 unspecified atom stereocenters. The van der Waals surface area contributed by atoms with Crippen LogP contribution in [0.3, 0.4) is 0 Å². The molecule has 13 nitrogen and oxygen atoms in total. The number of piperazine rings is 1. The van der Waals surface area contributed by atoms with Crippen LogP contribution in [0.1, 0.15) is 21.6 Å². The largest absolute Gasteiger partial charge is 0.491 e. The van der Waals surface area contributed by atoms with Gasteiger partial charge in [0.1, 0.15) is 5.75 Å². The molecule has 0 saturated carbocycles. The van der Waals surface area contributed by atoms with Gasteiger partial charge in [-0.05, 0) is 61.0 Å². The lowest BCUT2D eigenvalue weighted by molar-refractivity contribution is -0.189. The second-order valence-electron chi connectivity index (χ2n) is 11.7. The van der Waals surface area contributed by atoms with Crippen molar-refractivity contribution in [3.63, 3.8) is 0 Å². The number of hydrogen-bond acceptors (Lipinski definition) is 13. The summed E-state index contributed by atoms with van der Waals surface area (Å²) < 4.78 is 75.2. The van der Waals surface area contributed by atoms with Gasteiger partial charge in [0.25, 0.3) is 5.91 Å². The number of anilines is 2. The van der Waals surface area contributed by atoms with Crippen LogP contribution in [-0.4, -0.2) is 83.7 Å². The summed E-state index contributed by atoms with van der Waals surface area (Å²) in [6, 6.07) is 12.7. The number of carbonyl (C=O) groups excluding carboxylic acids is 2. The van der Waals surface area contributed by atoms with Gasteiger partial charge in [0.15, 0.2) is 26.5 Å². The highest BCUT2D eigenvalue weighted by atomic mass is 32.2. The average molecular weight is 754 g/mol. The molecule has 1 fully saturated rings. The highest BCUT2D eigenvalue weighted by molar-refractivity contribution is 7.90. The van der Waals surface area contributed by atoms with E-state index in [0.29, 0.717) is 55.6 Å². The van der Waals surface area contributed by atoms with Crippen LogP contribution in [0.4, 0.5) is 24.3 Å². The number of pyridine rings is 1. The fourth-order valence-electron chi connectivity index (χ4n) is 5.30. The number of nitrogens with zero attached hydrogens (tertiary/aromatic N) is 6. The van der Waals surface area contributed by atoms with E-state index in [-0.39, 0.29) is 21.3 Å². The molecule has 0 spiro atoms. The van der Waals surface area contributed by atoms with Gasteiger partial charge in [0, 0.05) is 68.5 Å². The van der Waals surface area contributed by atoms with Gasteiger partial charge in [-0.1, -0.05) is 6.07 Å². The Kier molecular flexibility index (Phi) is 10.5. The number of thiazole rings is 1. The number of halogens is 3. The molecule has 1 aliphatic rings. The highest BCUT2D eigenvalue weighted by Gasteiger charge is 2.43. The van der Waals surface area contributed by atoms with Crippen LogP contribution in [0.25, 0.3) is 11.3 Å². The average Bonchev–Trinajstić information content (AvgIpc) is 3.55. The van der Waals surface area contributed by atoms with E-state index in [9.17, 15) is 31.2 Å². The molecule has 270 valence electrons. The Morgan fingerprint density at radius 2 is 1.65 bits per heavy atom. The Morgan fingerprint density at radius 1 is 0.962 bits per heavy atom. The molecule has 18 heteroatoms. The molecule has 52 heavy (non-hydrogen) atoms. The number of ether oxygens (including phenoxy) is 2. The van der Waals surface area contributed by atoms with Crippen LogP contribution in [0.2, 0.25) is 0 Å². The Balaban J connectivity index is 1.30. The van der Waals surface area contributed by atoms with Crippen molar-refractivity contribution in [1.82, 2.24) is 24.8 Å². The maximum atomic E-state index is 13.9. The van der Waals surface area contributed by atoms with Crippen LogP contribution in [-0.2, 0) is 21.2 Å². The standard InChI is InChI=1S/C34H30F3N7O6S2/c1-21-5-3-10-38-28(21)22-17-26(29(50-31(46)34(35,36)37)27(18-22)49-24-6-8-25(9-7-24)52(2,47)48)30(45)42-33-41-23(20-51-33)19-43-13-15-44(16-14-43)32-39-11-4-12-40-32/h3-12,17-18,20H,13-16,19H2,1-2H3,(H,41,42,45). The van der Waals surface area contributed by atoms with Crippen LogP contribution in [0.5, 0.6) is 17.2 Å². The fourth-order valence-corrected chi connectivity index (χ4v) is 6.63. The number of alkyl halides is 3. The fraction of sp³-hybridized carbons (Fsp3) is 0.235. The predicted octanol–water partition coefficient (Wildman–Crippen LogP) is 5.54. The summed E-state index contributed by atoms with van der Waals surface area (Å²) in [6.45, 7) is 5.06. The molecule has 1 aliphatic heterocycles. The number of aryl methyl sites for hydroxylation is 1. The Labute approximate surface area is 300 Å². The third-order valence-corrected chi connectivity index (χ3v) is 9.79. The summed E-state index contributed by atoms with van der Waals surface area (Å²) in [4.78, 5) is 47.8. The molecule has 5 aromatic rings. The van der Waals surface area contributed by atoms with Crippen LogP contribution in [0.15, 0.2) is 83.5 Å². The number of hydrogen-bond donors (Lipinski definition) is 1. The normalized spacial score (nSPS) is 13.8. The molecule has 1 saturated heterocycles. The molecule has 4 heterocycles. The number of rotatable bonds is 10. The van der Waals surface area contributed by atoms with E-state index in [1.807, 2.05) is 0 Å². The molecular formula is C34H30F3N7O6S2. The first-order valence-electron chi connectivity index (χ1n) is 15.6. The molecule has 0 bridgehead atoms. The topological polar surface area (TPSA) is 157 Å². The molecule has 0 aliphatic carbocycles. The van der Waals surface area contributed by atoms with E-state index in [2.05, 4.69) is 35.1 Å². The first-order chi connectivity index (χ1) is 24.7. The van der Waals surface area contributed by atoms with Gasteiger partial charge in [-0.3, -0.25) is 20.0 Å². The summed E-state index contributed by atoms with van der Waals surface area (Å²) in [6.07, 6.45) is 0.469. The quantitative estimate of drug-likeness (QED) is 0.141. The minimum absolute atomic E-state index is 0.0142. The summed E-state index contributed by atoms with van der Waals surface area (Å²) in [7, 11) is -3.57. The van der Waals surface area contributed by atoms with Crippen molar-refractivity contribution in [3.05, 3.63) is 95.4 Å². The van der Waals surface area contributed by atoms with Gasteiger partial charge in [-0.15, -0.1) is 11.3 Å². The number of aromatic nitrogens is 4. The van der Waals surface area contributed by atoms with Gasteiger partial charge in [-0.25, -0.2) is 28.2 Å². The smallest absolute Gasteiger partial charge is 0.453 e. The maximum absolute atomic E-state index is 13.9. The number of carbonyl (C=O) groups is 2. The zero-order valence-electron chi connectivity index (χ0n) is 27.6. The van der Waals surface area contributed by atoms with Crippen molar-refractivity contribution in [2.75, 3.05) is 42.7 Å². The Morgan fingerprint density at radius 3 is 2.31 bits per heavy atom. The molecule has 6 rings (SSSR count). The van der Waals surface area contributed by atoms with Crippen LogP contribution < -0.4 is 19.7 Å². The lowest BCUT2D eigenvalue weighted by Crippen LogP contribution is -2.46.